The number of halogens is 1. The van der Waals surface area contributed by atoms with Gasteiger partial charge in [0.2, 0.25) is 5.52 Å². The molecule has 1 aromatic carbocycles. The third-order valence-electron chi connectivity index (χ3n) is 7.39. The summed E-state index contributed by atoms with van der Waals surface area (Å²) in [6.45, 7) is 14.9. The van der Waals surface area contributed by atoms with Crippen molar-refractivity contribution in [2.75, 3.05) is 18.0 Å². The largest absolute Gasteiger partial charge is 0.361 e. The van der Waals surface area contributed by atoms with E-state index in [1.807, 2.05) is 31.3 Å². The van der Waals surface area contributed by atoms with Gasteiger partial charge >= 0.3 is 5.69 Å². The van der Waals surface area contributed by atoms with Gasteiger partial charge in [-0.05, 0) is 61.7 Å². The van der Waals surface area contributed by atoms with Crippen LogP contribution in [0.15, 0.2) is 59.5 Å². The number of benzene rings is 1. The molecule has 38 heavy (non-hydrogen) atoms. The summed E-state index contributed by atoms with van der Waals surface area (Å²) >= 11 is 0. The number of rotatable bonds is 5. The van der Waals surface area contributed by atoms with Crippen molar-refractivity contribution in [2.45, 2.75) is 45.3 Å². The fourth-order valence-electron chi connectivity index (χ4n) is 5.32. The molecule has 0 aliphatic carbocycles. The van der Waals surface area contributed by atoms with Gasteiger partial charge in [-0.3, -0.25) is 14.5 Å². The molecule has 4 aromatic rings. The summed E-state index contributed by atoms with van der Waals surface area (Å²) in [6, 6.07) is 14.0. The van der Waals surface area contributed by atoms with E-state index in [-0.39, 0.29) is 35.5 Å². The standard InChI is InChI=1S/C29H30FN7O/c1-6-22-17-36(28-26-24(35(5)29(38)34-28)13-14-25(31-4)33-26)19(3)16-37(22)27(20-8-10-21(30)11-9-20)23-12-7-18(2)15-32-23/h7-15,19,22,27H,6,16-17H2,1-3,5H3/t19-,22+,27?/m0/s1. The van der Waals surface area contributed by atoms with Crippen LogP contribution in [0.5, 0.6) is 0 Å². The Morgan fingerprint density at radius 3 is 2.53 bits per heavy atom. The number of aryl methyl sites for hydroxylation is 2. The van der Waals surface area contributed by atoms with Crippen molar-refractivity contribution < 1.29 is 4.39 Å². The van der Waals surface area contributed by atoms with Crippen molar-refractivity contribution in [3.63, 3.8) is 0 Å². The minimum Gasteiger partial charge on any atom is -0.361 e. The van der Waals surface area contributed by atoms with Crippen LogP contribution < -0.4 is 10.6 Å². The Labute approximate surface area is 221 Å². The van der Waals surface area contributed by atoms with Gasteiger partial charge in [0.25, 0.3) is 5.82 Å². The minimum absolute atomic E-state index is 0.0209. The molecule has 1 unspecified atom stereocenters. The lowest BCUT2D eigenvalue weighted by Gasteiger charge is -2.48. The monoisotopic (exact) mass is 511 g/mol. The van der Waals surface area contributed by atoms with Gasteiger partial charge in [0.15, 0.2) is 5.82 Å². The molecule has 0 amide bonds. The molecule has 1 fully saturated rings. The summed E-state index contributed by atoms with van der Waals surface area (Å²) < 4.78 is 15.3. The fraction of sp³-hybridized carbons (Fsp3) is 0.345. The Morgan fingerprint density at radius 1 is 1.11 bits per heavy atom. The van der Waals surface area contributed by atoms with Crippen molar-refractivity contribution in [2.24, 2.45) is 7.05 Å². The molecular weight excluding hydrogens is 481 g/mol. The molecule has 1 saturated heterocycles. The molecule has 0 bridgehead atoms. The van der Waals surface area contributed by atoms with Crippen LogP contribution in [0, 0.1) is 19.3 Å². The minimum atomic E-state index is -0.361. The zero-order valence-electron chi connectivity index (χ0n) is 22.0. The van der Waals surface area contributed by atoms with Crippen molar-refractivity contribution >= 4 is 22.7 Å². The topological polar surface area (TPSA) is 71.5 Å². The van der Waals surface area contributed by atoms with Crippen LogP contribution in [0.2, 0.25) is 0 Å². The molecule has 8 nitrogen and oxygen atoms in total. The second-order valence-corrected chi connectivity index (χ2v) is 9.90. The Morgan fingerprint density at radius 2 is 1.87 bits per heavy atom. The Balaban J connectivity index is 1.58. The molecule has 4 heterocycles. The molecule has 0 spiro atoms. The van der Waals surface area contributed by atoms with E-state index in [2.05, 4.69) is 44.5 Å². The molecule has 1 aliphatic rings. The van der Waals surface area contributed by atoms with E-state index in [0.717, 1.165) is 23.2 Å². The van der Waals surface area contributed by atoms with Crippen molar-refractivity contribution in [1.29, 1.82) is 0 Å². The fourth-order valence-corrected chi connectivity index (χ4v) is 5.32. The summed E-state index contributed by atoms with van der Waals surface area (Å²) in [6.07, 6.45) is 2.71. The highest BCUT2D eigenvalue weighted by Gasteiger charge is 2.38. The van der Waals surface area contributed by atoms with Crippen LogP contribution in [-0.2, 0) is 7.05 Å². The predicted molar refractivity (Wildman–Crippen MR) is 146 cm³/mol. The quantitative estimate of drug-likeness (QED) is 0.359. The van der Waals surface area contributed by atoms with Crippen LogP contribution in [0.4, 0.5) is 16.0 Å². The van der Waals surface area contributed by atoms with Gasteiger partial charge in [-0.25, -0.2) is 9.18 Å². The van der Waals surface area contributed by atoms with E-state index < -0.39 is 0 Å². The molecule has 0 saturated carbocycles. The molecule has 5 rings (SSSR count). The van der Waals surface area contributed by atoms with Gasteiger partial charge in [0, 0.05) is 38.4 Å². The van der Waals surface area contributed by atoms with Gasteiger partial charge in [-0.1, -0.05) is 31.7 Å². The van der Waals surface area contributed by atoms with Crippen molar-refractivity contribution in [3.8, 4) is 0 Å². The summed E-state index contributed by atoms with van der Waals surface area (Å²) in [5.41, 5.74) is 3.78. The summed E-state index contributed by atoms with van der Waals surface area (Å²) in [4.78, 5) is 34.6. The number of piperazine rings is 1. The molecule has 3 atom stereocenters. The third kappa shape index (κ3) is 4.63. The first-order valence-electron chi connectivity index (χ1n) is 12.8. The second kappa shape index (κ2) is 10.3. The Bertz CT molecular complexity index is 1510. The maximum atomic E-state index is 13.8. The lowest BCUT2D eigenvalue weighted by molar-refractivity contribution is 0.113. The molecular formula is C29H30FN7O. The van der Waals surface area contributed by atoms with Crippen LogP contribution >= 0.6 is 0 Å². The Hall–Kier alpha value is -4.16. The molecule has 0 N–H and O–H groups in total. The van der Waals surface area contributed by atoms with Crippen LogP contribution in [0.3, 0.4) is 0 Å². The van der Waals surface area contributed by atoms with Gasteiger partial charge in [0.05, 0.1) is 17.3 Å². The van der Waals surface area contributed by atoms with E-state index in [1.165, 1.54) is 16.7 Å². The average Bonchev–Trinajstić information content (AvgIpc) is 2.93. The lowest BCUT2D eigenvalue weighted by Crippen LogP contribution is -2.58. The van der Waals surface area contributed by atoms with E-state index in [1.54, 1.807) is 19.2 Å². The summed E-state index contributed by atoms with van der Waals surface area (Å²) in [5.74, 6) is 0.495. The smallest absolute Gasteiger partial charge is 0.350 e. The SMILES string of the molecule is [C-]#[N+]c1ccc2c(n1)c(N1C[C@@H](CC)N(C(c3ccc(F)cc3)c3ccc(C)cn3)C[C@@H]1C)nc(=O)n2C. The number of fused-ring (bicyclic) bond motifs is 1. The maximum absolute atomic E-state index is 13.8. The predicted octanol–water partition coefficient (Wildman–Crippen LogP) is 4.80. The van der Waals surface area contributed by atoms with Crippen molar-refractivity contribution in [3.05, 3.63) is 99.3 Å². The number of anilines is 1. The zero-order valence-corrected chi connectivity index (χ0v) is 22.0. The van der Waals surface area contributed by atoms with Crippen molar-refractivity contribution in [1.82, 2.24) is 24.4 Å². The maximum Gasteiger partial charge on any atom is 0.350 e. The molecule has 0 radical (unpaired) electrons. The molecule has 194 valence electrons. The van der Waals surface area contributed by atoms with E-state index in [0.29, 0.717) is 29.9 Å². The zero-order chi connectivity index (χ0) is 27.0. The first-order valence-corrected chi connectivity index (χ1v) is 12.8. The van der Waals surface area contributed by atoms with Crippen LogP contribution in [0.1, 0.15) is 43.1 Å². The molecule has 3 aromatic heterocycles. The summed E-state index contributed by atoms with van der Waals surface area (Å²) in [7, 11) is 1.67. The van der Waals surface area contributed by atoms with Crippen LogP contribution in [-0.4, -0.2) is 49.6 Å². The third-order valence-corrected chi connectivity index (χ3v) is 7.39. The van der Waals surface area contributed by atoms with E-state index >= 15 is 0 Å². The number of hydrogen-bond donors (Lipinski definition) is 0. The van der Waals surface area contributed by atoms with Gasteiger partial charge < -0.3 is 9.74 Å². The first-order chi connectivity index (χ1) is 18.3. The average molecular weight is 512 g/mol. The molecule has 9 heteroatoms. The number of hydrogen-bond acceptors (Lipinski definition) is 6. The van der Waals surface area contributed by atoms with Crippen LogP contribution in [0.25, 0.3) is 15.9 Å². The summed E-state index contributed by atoms with van der Waals surface area (Å²) in [5, 5.41) is 0. The van der Waals surface area contributed by atoms with Gasteiger partial charge in [-0.15, -0.1) is 4.98 Å². The highest BCUT2D eigenvalue weighted by atomic mass is 19.1. The Kier molecular flexibility index (Phi) is 6.91. The van der Waals surface area contributed by atoms with Gasteiger partial charge in [0.1, 0.15) is 5.82 Å². The number of aromatic nitrogens is 4. The van der Waals surface area contributed by atoms with Gasteiger partial charge in [-0.2, -0.15) is 4.98 Å². The highest BCUT2D eigenvalue weighted by Crippen LogP contribution is 2.36. The first kappa shape index (κ1) is 25.5. The highest BCUT2D eigenvalue weighted by molar-refractivity contribution is 5.87. The van der Waals surface area contributed by atoms with E-state index in [4.69, 9.17) is 11.6 Å². The second-order valence-electron chi connectivity index (χ2n) is 9.90. The normalized spacial score (nSPS) is 18.9. The lowest BCUT2D eigenvalue weighted by atomic mass is 9.95. The molecule has 1 aliphatic heterocycles. The number of nitrogens with zero attached hydrogens (tertiary/aromatic N) is 7. The number of pyridine rings is 2. The van der Waals surface area contributed by atoms with E-state index in [9.17, 15) is 9.18 Å².